The molecule has 18 heavy (non-hydrogen) atoms. The van der Waals surface area contributed by atoms with Gasteiger partial charge in [0, 0.05) is 18.4 Å². The van der Waals surface area contributed by atoms with Crippen LogP contribution in [0.4, 0.5) is 4.39 Å². The van der Waals surface area contributed by atoms with Gasteiger partial charge in [0.2, 0.25) is 0 Å². The van der Waals surface area contributed by atoms with Crippen molar-refractivity contribution in [2.24, 2.45) is 0 Å². The molecule has 0 amide bonds. The fraction of sp³-hybridized carbons (Fsp3) is 0.267. The fourth-order valence-corrected chi connectivity index (χ4v) is 2.11. The summed E-state index contributed by atoms with van der Waals surface area (Å²) in [5, 5.41) is 3.23. The number of aromatic nitrogens is 1. The van der Waals surface area contributed by atoms with Crippen molar-refractivity contribution in [3.63, 3.8) is 0 Å². The molecule has 0 aliphatic carbocycles. The number of benzene rings is 1. The van der Waals surface area contributed by atoms with Crippen molar-refractivity contribution in [1.29, 1.82) is 0 Å². The van der Waals surface area contributed by atoms with Gasteiger partial charge < -0.3 is 5.32 Å². The van der Waals surface area contributed by atoms with Gasteiger partial charge >= 0.3 is 0 Å². The summed E-state index contributed by atoms with van der Waals surface area (Å²) in [5.74, 6) is -0.184. The van der Waals surface area contributed by atoms with Crippen LogP contribution in [0.25, 0.3) is 0 Å². The predicted octanol–water partition coefficient (Wildman–Crippen LogP) is 3.03. The van der Waals surface area contributed by atoms with Crippen LogP contribution in [0.5, 0.6) is 0 Å². The molecule has 2 nitrogen and oxygen atoms in total. The van der Waals surface area contributed by atoms with Crippen LogP contribution in [0.1, 0.15) is 22.7 Å². The third-order valence-corrected chi connectivity index (χ3v) is 2.98. The number of hydrogen-bond acceptors (Lipinski definition) is 2. The van der Waals surface area contributed by atoms with Gasteiger partial charge in [0.15, 0.2) is 0 Å². The molecule has 94 valence electrons. The van der Waals surface area contributed by atoms with Crippen molar-refractivity contribution in [2.45, 2.75) is 19.4 Å². The summed E-state index contributed by atoms with van der Waals surface area (Å²) in [6.07, 6.45) is 4.40. The highest BCUT2D eigenvalue weighted by Gasteiger charge is 2.11. The molecule has 2 rings (SSSR count). The molecule has 1 heterocycles. The number of halogens is 1. The number of nitrogens with one attached hydrogen (secondary N) is 1. The molecule has 0 bridgehead atoms. The Balaban J connectivity index is 2.23. The summed E-state index contributed by atoms with van der Waals surface area (Å²) in [6, 6.07) is 9.19. The van der Waals surface area contributed by atoms with E-state index in [4.69, 9.17) is 0 Å². The minimum absolute atomic E-state index is 0.101. The molecule has 0 aliphatic heterocycles. The normalized spacial score (nSPS) is 12.4. The Morgan fingerprint density at radius 1 is 1.33 bits per heavy atom. The van der Waals surface area contributed by atoms with E-state index in [1.165, 1.54) is 0 Å². The second-order valence-electron chi connectivity index (χ2n) is 4.47. The van der Waals surface area contributed by atoms with Crippen LogP contribution < -0.4 is 5.32 Å². The first-order valence-corrected chi connectivity index (χ1v) is 6.02. The van der Waals surface area contributed by atoms with Crippen LogP contribution in [0.3, 0.4) is 0 Å². The fourth-order valence-electron chi connectivity index (χ4n) is 2.11. The predicted molar refractivity (Wildman–Crippen MR) is 70.9 cm³/mol. The van der Waals surface area contributed by atoms with E-state index in [-0.39, 0.29) is 11.9 Å². The lowest BCUT2D eigenvalue weighted by molar-refractivity contribution is 0.575. The molecule has 1 unspecified atom stereocenters. The molecule has 2 aromatic rings. The van der Waals surface area contributed by atoms with Gasteiger partial charge in [0.1, 0.15) is 5.82 Å². The molecular formula is C15H17FN2. The summed E-state index contributed by atoms with van der Waals surface area (Å²) in [4.78, 5) is 4.10. The molecule has 0 radical (unpaired) electrons. The van der Waals surface area contributed by atoms with Crippen molar-refractivity contribution in [2.75, 3.05) is 7.05 Å². The Kier molecular flexibility index (Phi) is 4.05. The standard InChI is InChI=1S/C15H17FN2/c1-11-6-13(9-14(16)7-11)15(17-2)8-12-4-3-5-18-10-12/h3-7,9-10,15,17H,8H2,1-2H3. The van der Waals surface area contributed by atoms with Crippen LogP contribution in [-0.2, 0) is 6.42 Å². The third kappa shape index (κ3) is 3.14. The average molecular weight is 244 g/mol. The van der Waals surface area contributed by atoms with Crippen LogP contribution in [-0.4, -0.2) is 12.0 Å². The van der Waals surface area contributed by atoms with Gasteiger partial charge in [0.05, 0.1) is 0 Å². The van der Waals surface area contributed by atoms with E-state index in [1.54, 1.807) is 18.3 Å². The maximum Gasteiger partial charge on any atom is 0.123 e. The van der Waals surface area contributed by atoms with Crippen molar-refractivity contribution >= 4 is 0 Å². The summed E-state index contributed by atoms with van der Waals surface area (Å²) in [5.41, 5.74) is 3.05. The lowest BCUT2D eigenvalue weighted by Crippen LogP contribution is -2.19. The number of rotatable bonds is 4. The topological polar surface area (TPSA) is 24.9 Å². The zero-order valence-electron chi connectivity index (χ0n) is 10.7. The van der Waals surface area contributed by atoms with Crippen LogP contribution in [0.2, 0.25) is 0 Å². The van der Waals surface area contributed by atoms with Crippen LogP contribution >= 0.6 is 0 Å². The van der Waals surface area contributed by atoms with E-state index in [0.29, 0.717) is 0 Å². The highest BCUT2D eigenvalue weighted by atomic mass is 19.1. The summed E-state index contributed by atoms with van der Waals surface area (Å²) in [6.45, 7) is 1.91. The van der Waals surface area contributed by atoms with Crippen LogP contribution in [0.15, 0.2) is 42.7 Å². The molecule has 1 aromatic carbocycles. The van der Waals surface area contributed by atoms with Gasteiger partial charge in [-0.3, -0.25) is 4.98 Å². The molecule has 0 spiro atoms. The Bertz CT molecular complexity index is 491. The molecule has 1 atom stereocenters. The largest absolute Gasteiger partial charge is 0.313 e. The van der Waals surface area contributed by atoms with Crippen molar-refractivity contribution in [1.82, 2.24) is 10.3 Å². The van der Waals surface area contributed by atoms with Gasteiger partial charge in [-0.1, -0.05) is 12.1 Å². The van der Waals surface area contributed by atoms with E-state index in [2.05, 4.69) is 10.3 Å². The molecule has 0 fully saturated rings. The summed E-state index contributed by atoms with van der Waals surface area (Å²) >= 11 is 0. The molecule has 0 aliphatic rings. The monoisotopic (exact) mass is 244 g/mol. The lowest BCUT2D eigenvalue weighted by Gasteiger charge is -2.17. The van der Waals surface area contributed by atoms with Crippen molar-refractivity contribution in [3.05, 3.63) is 65.2 Å². The minimum Gasteiger partial charge on any atom is -0.313 e. The second-order valence-corrected chi connectivity index (χ2v) is 4.47. The number of likely N-dealkylation sites (N-methyl/N-ethyl adjacent to an activating group) is 1. The van der Waals surface area contributed by atoms with Gasteiger partial charge in [-0.2, -0.15) is 0 Å². The van der Waals surface area contributed by atoms with Crippen LogP contribution in [0, 0.1) is 12.7 Å². The highest BCUT2D eigenvalue weighted by Crippen LogP contribution is 2.20. The minimum atomic E-state index is -0.184. The number of hydrogen-bond donors (Lipinski definition) is 1. The maximum atomic E-state index is 13.4. The maximum absolute atomic E-state index is 13.4. The second kappa shape index (κ2) is 5.74. The zero-order chi connectivity index (χ0) is 13.0. The average Bonchev–Trinajstić information content (AvgIpc) is 2.36. The van der Waals surface area contributed by atoms with E-state index in [1.807, 2.05) is 38.4 Å². The molecule has 3 heteroatoms. The SMILES string of the molecule is CNC(Cc1cccnc1)c1cc(C)cc(F)c1. The summed E-state index contributed by atoms with van der Waals surface area (Å²) in [7, 11) is 1.89. The van der Waals surface area contributed by atoms with Gasteiger partial charge in [-0.25, -0.2) is 4.39 Å². The number of aryl methyl sites for hydroxylation is 1. The highest BCUT2D eigenvalue weighted by molar-refractivity contribution is 5.27. The summed E-state index contributed by atoms with van der Waals surface area (Å²) < 4.78 is 13.4. The third-order valence-electron chi connectivity index (χ3n) is 2.98. The first kappa shape index (κ1) is 12.7. The molecule has 1 N–H and O–H groups in total. The lowest BCUT2D eigenvalue weighted by atomic mass is 9.98. The van der Waals surface area contributed by atoms with Gasteiger partial charge in [-0.05, 0) is 55.3 Å². The Morgan fingerprint density at radius 2 is 2.17 bits per heavy atom. The van der Waals surface area contributed by atoms with E-state index in [9.17, 15) is 4.39 Å². The van der Waals surface area contributed by atoms with Gasteiger partial charge in [0.25, 0.3) is 0 Å². The quantitative estimate of drug-likeness (QED) is 0.894. The molecule has 0 saturated carbocycles. The van der Waals surface area contributed by atoms with E-state index >= 15 is 0 Å². The number of pyridine rings is 1. The van der Waals surface area contributed by atoms with Crippen molar-refractivity contribution in [3.8, 4) is 0 Å². The van der Waals surface area contributed by atoms with Crippen molar-refractivity contribution < 1.29 is 4.39 Å². The Labute approximate surface area is 107 Å². The Hall–Kier alpha value is -1.74. The van der Waals surface area contributed by atoms with Gasteiger partial charge in [-0.15, -0.1) is 0 Å². The molecule has 1 aromatic heterocycles. The zero-order valence-corrected chi connectivity index (χ0v) is 10.7. The molecular weight excluding hydrogens is 227 g/mol. The smallest absolute Gasteiger partial charge is 0.123 e. The molecule has 0 saturated heterocycles. The Morgan fingerprint density at radius 3 is 2.78 bits per heavy atom. The van der Waals surface area contributed by atoms with E-state index in [0.717, 1.165) is 23.1 Å². The number of nitrogens with zero attached hydrogens (tertiary/aromatic N) is 1. The van der Waals surface area contributed by atoms with E-state index < -0.39 is 0 Å². The first-order chi connectivity index (χ1) is 8.69. The first-order valence-electron chi connectivity index (χ1n) is 6.02.